The van der Waals surface area contributed by atoms with E-state index >= 15 is 0 Å². The molecule has 0 heterocycles. The largest absolute Gasteiger partial charge is 0.462 e. The second kappa shape index (κ2) is 70.1. The third kappa shape index (κ3) is 67.4. The summed E-state index contributed by atoms with van der Waals surface area (Å²) in [5.41, 5.74) is 0. The van der Waals surface area contributed by atoms with E-state index in [9.17, 15) is 14.4 Å². The van der Waals surface area contributed by atoms with Crippen molar-refractivity contribution in [2.24, 2.45) is 0 Å². The highest BCUT2D eigenvalue weighted by molar-refractivity contribution is 5.71. The summed E-state index contributed by atoms with van der Waals surface area (Å²) in [6.07, 6.45) is 93.1. The highest BCUT2D eigenvalue weighted by atomic mass is 16.6. The molecule has 0 fully saturated rings. The molecule has 1 unspecified atom stereocenters. The summed E-state index contributed by atoms with van der Waals surface area (Å²) in [7, 11) is 0. The van der Waals surface area contributed by atoms with Gasteiger partial charge in [-0.3, -0.25) is 14.4 Å². The molecule has 0 N–H and O–H groups in total. The lowest BCUT2D eigenvalue weighted by molar-refractivity contribution is -0.167. The molecule has 0 amide bonds. The van der Waals surface area contributed by atoms with Crippen molar-refractivity contribution in [1.29, 1.82) is 0 Å². The molecule has 0 radical (unpaired) electrons. The van der Waals surface area contributed by atoms with Crippen LogP contribution in [0, 0.1) is 0 Å². The van der Waals surface area contributed by atoms with Crippen LogP contribution in [0.4, 0.5) is 0 Å². The van der Waals surface area contributed by atoms with Crippen LogP contribution in [0.25, 0.3) is 0 Å². The Morgan fingerprint density at radius 2 is 0.476 bits per heavy atom. The van der Waals surface area contributed by atoms with Crippen LogP contribution in [0.3, 0.4) is 0 Å². The zero-order chi connectivity index (χ0) is 59.2. The Kier molecular flexibility index (Phi) is 67.2. The van der Waals surface area contributed by atoms with E-state index in [2.05, 4.69) is 106 Å². The minimum absolute atomic E-state index is 0.0773. The van der Waals surface area contributed by atoms with E-state index in [4.69, 9.17) is 14.2 Å². The Hall–Kier alpha value is -3.41. The maximum atomic E-state index is 13.0. The van der Waals surface area contributed by atoms with E-state index in [0.29, 0.717) is 19.3 Å². The number of carbonyl (C=O) groups excluding carboxylic acids is 3. The van der Waals surface area contributed by atoms with Crippen molar-refractivity contribution in [2.45, 2.75) is 367 Å². The van der Waals surface area contributed by atoms with Gasteiger partial charge in [-0.05, 0) is 116 Å². The van der Waals surface area contributed by atoms with Gasteiger partial charge in [0, 0.05) is 19.3 Å². The molecule has 1 atom stereocenters. The Balaban J connectivity index is 4.32. The smallest absolute Gasteiger partial charge is 0.306 e. The van der Waals surface area contributed by atoms with Gasteiger partial charge in [-0.25, -0.2) is 0 Å². The number of hydrogen-bond donors (Lipinski definition) is 0. The fourth-order valence-electron chi connectivity index (χ4n) is 10.3. The third-order valence-corrected chi connectivity index (χ3v) is 15.6. The Labute approximate surface area is 509 Å². The predicted molar refractivity (Wildman–Crippen MR) is 358 cm³/mol. The normalized spacial score (nSPS) is 12.6. The quantitative estimate of drug-likeness (QED) is 0.0261. The van der Waals surface area contributed by atoms with E-state index < -0.39 is 6.10 Å². The molecule has 6 nitrogen and oxygen atoms in total. The average molecular weight is 1140 g/mol. The molecule has 6 heteroatoms. The maximum Gasteiger partial charge on any atom is 0.306 e. The van der Waals surface area contributed by atoms with Crippen LogP contribution in [0.5, 0.6) is 0 Å². The van der Waals surface area contributed by atoms with Crippen molar-refractivity contribution in [2.75, 3.05) is 13.2 Å². The summed E-state index contributed by atoms with van der Waals surface area (Å²) >= 11 is 0. The molecule has 0 spiro atoms. The van der Waals surface area contributed by atoms with Gasteiger partial charge in [-0.2, -0.15) is 0 Å². The second-order valence-electron chi connectivity index (χ2n) is 23.8. The molecule has 0 aliphatic carbocycles. The van der Waals surface area contributed by atoms with Crippen molar-refractivity contribution in [3.8, 4) is 0 Å². The molecule has 0 aliphatic heterocycles. The van der Waals surface area contributed by atoms with Crippen LogP contribution >= 0.6 is 0 Å². The zero-order valence-electron chi connectivity index (χ0n) is 54.5. The highest BCUT2D eigenvalue weighted by Gasteiger charge is 2.19. The number of hydrogen-bond acceptors (Lipinski definition) is 6. The van der Waals surface area contributed by atoms with Crippen molar-refractivity contribution >= 4 is 17.9 Å². The summed E-state index contributed by atoms with van der Waals surface area (Å²) in [6.45, 7) is 6.55. The van der Waals surface area contributed by atoms with Crippen molar-refractivity contribution in [1.82, 2.24) is 0 Å². The molecule has 0 saturated heterocycles. The summed E-state index contributed by atoms with van der Waals surface area (Å²) in [6, 6.07) is 0. The summed E-state index contributed by atoms with van der Waals surface area (Å²) in [5, 5.41) is 0. The van der Waals surface area contributed by atoms with Crippen molar-refractivity contribution in [3.63, 3.8) is 0 Å². The first-order chi connectivity index (χ1) is 40.5. The first-order valence-corrected chi connectivity index (χ1v) is 35.6. The molecule has 82 heavy (non-hydrogen) atoms. The molecule has 0 aromatic heterocycles. The lowest BCUT2D eigenvalue weighted by atomic mass is 10.0. The van der Waals surface area contributed by atoms with Crippen LogP contribution in [-0.4, -0.2) is 37.2 Å². The molecule has 0 rings (SSSR count). The molecule has 0 saturated carbocycles. The van der Waals surface area contributed by atoms with Gasteiger partial charge in [0.15, 0.2) is 6.10 Å². The van der Waals surface area contributed by atoms with Gasteiger partial charge < -0.3 is 14.2 Å². The summed E-state index contributed by atoms with van der Waals surface area (Å²) < 4.78 is 17.0. The lowest BCUT2D eigenvalue weighted by Gasteiger charge is -2.18. The van der Waals surface area contributed by atoms with Gasteiger partial charge in [0.05, 0.1) is 0 Å². The molecule has 0 bridgehead atoms. The number of carbonyl (C=O) groups is 3. The van der Waals surface area contributed by atoms with Crippen LogP contribution < -0.4 is 0 Å². The minimum Gasteiger partial charge on any atom is -0.462 e. The SMILES string of the molecule is CC/C=C\C/C=C\C/C=C\C/C=C\CCCCCCCCCCCCCCCCC(=O)OCC(COC(=O)CCCCCCCCC/C=C\C/C=C\CCCCCC)OC(=O)CCCCCCCCCCC/C=C\CCCCCCCC. The third-order valence-electron chi connectivity index (χ3n) is 15.6. The zero-order valence-corrected chi connectivity index (χ0v) is 54.5. The fourth-order valence-corrected chi connectivity index (χ4v) is 10.3. The minimum atomic E-state index is -0.783. The van der Waals surface area contributed by atoms with E-state index in [0.717, 1.165) is 96.3 Å². The van der Waals surface area contributed by atoms with E-state index in [-0.39, 0.29) is 31.1 Å². The van der Waals surface area contributed by atoms with Crippen LogP contribution in [0.2, 0.25) is 0 Å². The molecule has 0 aliphatic rings. The Bertz CT molecular complexity index is 1550. The standard InChI is InChI=1S/C76H134O6/c1-4-7-10-13-16-19-22-25-28-31-34-35-36-37-38-39-40-41-43-45-48-51-54-57-60-63-66-69-75(78)81-72-73(71-80-74(77)68-65-62-59-56-53-50-47-44-33-30-27-24-21-18-15-12-9-6-3)82-76(79)70-67-64-61-58-55-52-49-46-42-32-29-26-23-20-17-14-11-8-5-2/h7,10,16,19,21,24-26,28-30,33-35,73H,4-6,8-9,11-15,17-18,20,22-23,27,31-32,36-72H2,1-3H3/b10-7-,19-16-,24-21-,28-25-,29-26-,33-30-,35-34-. The first kappa shape index (κ1) is 78.6. The summed E-state index contributed by atoms with van der Waals surface area (Å²) in [4.78, 5) is 38.5. The number of unbranched alkanes of at least 4 members (excludes halogenated alkanes) is 40. The molecule has 0 aromatic carbocycles. The van der Waals surface area contributed by atoms with Gasteiger partial charge in [0.2, 0.25) is 0 Å². The van der Waals surface area contributed by atoms with Crippen molar-refractivity contribution < 1.29 is 28.6 Å². The molecular weight excluding hydrogens is 1010 g/mol. The second-order valence-corrected chi connectivity index (χ2v) is 23.8. The molecule has 474 valence electrons. The van der Waals surface area contributed by atoms with Crippen molar-refractivity contribution in [3.05, 3.63) is 85.1 Å². The number of rotatable bonds is 65. The van der Waals surface area contributed by atoms with E-state index in [1.807, 2.05) is 0 Å². The van der Waals surface area contributed by atoms with Gasteiger partial charge in [0.25, 0.3) is 0 Å². The van der Waals surface area contributed by atoms with Gasteiger partial charge in [-0.15, -0.1) is 0 Å². The number of ether oxygens (including phenoxy) is 3. The lowest BCUT2D eigenvalue weighted by Crippen LogP contribution is -2.30. The predicted octanol–water partition coefficient (Wildman–Crippen LogP) is 24.6. The topological polar surface area (TPSA) is 78.9 Å². The monoisotopic (exact) mass is 1140 g/mol. The molecular formula is C76H134O6. The van der Waals surface area contributed by atoms with Gasteiger partial charge in [0.1, 0.15) is 13.2 Å². The van der Waals surface area contributed by atoms with Crippen LogP contribution in [0.1, 0.15) is 361 Å². The first-order valence-electron chi connectivity index (χ1n) is 35.6. The number of esters is 3. The van der Waals surface area contributed by atoms with E-state index in [1.54, 1.807) is 0 Å². The average Bonchev–Trinajstić information content (AvgIpc) is 3.47. The molecule has 0 aromatic rings. The number of allylic oxidation sites excluding steroid dienone is 14. The fraction of sp³-hybridized carbons (Fsp3) is 0.776. The van der Waals surface area contributed by atoms with Gasteiger partial charge in [-0.1, -0.05) is 311 Å². The maximum absolute atomic E-state index is 13.0. The summed E-state index contributed by atoms with van der Waals surface area (Å²) in [5.74, 6) is -0.868. The van der Waals surface area contributed by atoms with E-state index in [1.165, 1.54) is 225 Å². The Morgan fingerprint density at radius 3 is 0.768 bits per heavy atom. The highest BCUT2D eigenvalue weighted by Crippen LogP contribution is 2.17. The Morgan fingerprint density at radius 1 is 0.256 bits per heavy atom. The van der Waals surface area contributed by atoms with Crippen LogP contribution in [-0.2, 0) is 28.6 Å². The van der Waals surface area contributed by atoms with Gasteiger partial charge >= 0.3 is 17.9 Å². The van der Waals surface area contributed by atoms with Crippen LogP contribution in [0.15, 0.2) is 85.1 Å².